The van der Waals surface area contributed by atoms with E-state index in [1.807, 2.05) is 0 Å². The fourth-order valence-electron chi connectivity index (χ4n) is 2.81. The van der Waals surface area contributed by atoms with E-state index in [2.05, 4.69) is 24.7 Å². The van der Waals surface area contributed by atoms with E-state index in [1.54, 1.807) is 0 Å². The summed E-state index contributed by atoms with van der Waals surface area (Å²) in [6.07, 6.45) is -4.96. The first-order valence-corrected chi connectivity index (χ1v) is 10.2. The van der Waals surface area contributed by atoms with Crippen LogP contribution in [0.2, 0.25) is 0 Å². The Balaban J connectivity index is 1.96. The van der Waals surface area contributed by atoms with Crippen molar-refractivity contribution in [2.45, 2.75) is 30.6 Å². The van der Waals surface area contributed by atoms with Gasteiger partial charge >= 0.3 is 0 Å². The molecule has 0 aliphatic heterocycles. The SMILES string of the molecule is COc1nc(NS(=O)(=O)c2c[nH]c3nc(C(F)F)ccc23)nc(OC)c1CCC(F)F. The van der Waals surface area contributed by atoms with Crippen LogP contribution in [0.15, 0.2) is 23.2 Å². The van der Waals surface area contributed by atoms with Crippen LogP contribution in [0.5, 0.6) is 11.8 Å². The van der Waals surface area contributed by atoms with Gasteiger partial charge in [0, 0.05) is 18.0 Å². The maximum Gasteiger partial charge on any atom is 0.280 e. The Morgan fingerprint density at radius 1 is 1.06 bits per heavy atom. The smallest absolute Gasteiger partial charge is 0.280 e. The number of sulfonamides is 1. The number of H-pyrrole nitrogens is 1. The fraction of sp³-hybridized carbons (Fsp3) is 0.353. The van der Waals surface area contributed by atoms with E-state index in [0.717, 1.165) is 12.3 Å². The molecule has 0 radical (unpaired) electrons. The molecule has 0 saturated carbocycles. The molecule has 0 unspecified atom stereocenters. The monoisotopic (exact) mass is 463 g/mol. The lowest BCUT2D eigenvalue weighted by atomic mass is 10.2. The highest BCUT2D eigenvalue weighted by Crippen LogP contribution is 2.30. The van der Waals surface area contributed by atoms with E-state index in [4.69, 9.17) is 9.47 Å². The number of nitrogens with one attached hydrogen (secondary N) is 2. The molecule has 0 saturated heterocycles. The van der Waals surface area contributed by atoms with Crippen LogP contribution < -0.4 is 14.2 Å². The molecule has 0 amide bonds. The van der Waals surface area contributed by atoms with Crippen molar-refractivity contribution in [2.75, 3.05) is 18.9 Å². The van der Waals surface area contributed by atoms with Gasteiger partial charge in [-0.25, -0.2) is 35.7 Å². The predicted molar refractivity (Wildman–Crippen MR) is 101 cm³/mol. The third-order valence-electron chi connectivity index (χ3n) is 4.19. The number of methoxy groups -OCH3 is 2. The number of ether oxygens (including phenoxy) is 2. The number of nitrogens with zero attached hydrogens (tertiary/aromatic N) is 3. The number of halogens is 4. The number of fused-ring (bicyclic) bond motifs is 1. The Morgan fingerprint density at radius 3 is 2.26 bits per heavy atom. The van der Waals surface area contributed by atoms with Crippen LogP contribution >= 0.6 is 0 Å². The van der Waals surface area contributed by atoms with E-state index >= 15 is 0 Å². The molecular formula is C17H17F4N5O4S. The van der Waals surface area contributed by atoms with Crippen molar-refractivity contribution < 1.29 is 35.5 Å². The summed E-state index contributed by atoms with van der Waals surface area (Å²) >= 11 is 0. The van der Waals surface area contributed by atoms with Gasteiger partial charge in [-0.3, -0.25) is 0 Å². The van der Waals surface area contributed by atoms with E-state index < -0.39 is 40.9 Å². The van der Waals surface area contributed by atoms with Crippen LogP contribution in [0.25, 0.3) is 11.0 Å². The van der Waals surface area contributed by atoms with E-state index in [-0.39, 0.29) is 39.7 Å². The minimum atomic E-state index is -4.28. The average molecular weight is 463 g/mol. The first-order valence-electron chi connectivity index (χ1n) is 8.72. The molecule has 3 heterocycles. The minimum Gasteiger partial charge on any atom is -0.481 e. The minimum absolute atomic E-state index is 0.0448. The normalized spacial score (nSPS) is 12.0. The van der Waals surface area contributed by atoms with Crippen molar-refractivity contribution in [2.24, 2.45) is 0 Å². The van der Waals surface area contributed by atoms with Crippen molar-refractivity contribution in [1.82, 2.24) is 19.9 Å². The van der Waals surface area contributed by atoms with Crippen LogP contribution in [0, 0.1) is 0 Å². The van der Waals surface area contributed by atoms with Crippen LogP contribution in [0.1, 0.15) is 24.1 Å². The van der Waals surface area contributed by atoms with E-state index in [9.17, 15) is 26.0 Å². The van der Waals surface area contributed by atoms with Gasteiger partial charge in [-0.1, -0.05) is 0 Å². The number of hydrogen-bond acceptors (Lipinski definition) is 7. The largest absolute Gasteiger partial charge is 0.481 e. The molecule has 0 aromatic carbocycles. The zero-order valence-corrected chi connectivity index (χ0v) is 17.0. The van der Waals surface area contributed by atoms with Gasteiger partial charge in [0.1, 0.15) is 16.2 Å². The average Bonchev–Trinajstić information content (AvgIpc) is 3.15. The van der Waals surface area contributed by atoms with Crippen molar-refractivity contribution in [3.05, 3.63) is 29.6 Å². The predicted octanol–water partition coefficient (Wildman–Crippen LogP) is 3.31. The zero-order chi connectivity index (χ0) is 22.8. The number of aromatic nitrogens is 4. The molecule has 0 fully saturated rings. The van der Waals surface area contributed by atoms with Gasteiger partial charge in [-0.2, -0.15) is 9.97 Å². The number of hydrogen-bond donors (Lipinski definition) is 2. The summed E-state index contributed by atoms with van der Waals surface area (Å²) in [6.45, 7) is 0. The van der Waals surface area contributed by atoms with Crippen LogP contribution in [0.4, 0.5) is 23.5 Å². The summed E-state index contributed by atoms with van der Waals surface area (Å²) in [5.74, 6) is -0.694. The first-order chi connectivity index (χ1) is 14.7. The summed E-state index contributed by atoms with van der Waals surface area (Å²) in [5.41, 5.74) is -0.399. The second-order valence-electron chi connectivity index (χ2n) is 6.17. The van der Waals surface area contributed by atoms with Gasteiger partial charge in [0.15, 0.2) is 0 Å². The molecule has 31 heavy (non-hydrogen) atoms. The Bertz CT molecular complexity index is 1160. The molecule has 0 spiro atoms. The van der Waals surface area contributed by atoms with Crippen LogP contribution in [0.3, 0.4) is 0 Å². The summed E-state index contributed by atoms with van der Waals surface area (Å²) < 4.78 is 88.7. The molecule has 0 bridgehead atoms. The Labute approximate surface area is 173 Å². The molecule has 3 rings (SSSR count). The van der Waals surface area contributed by atoms with Crippen molar-refractivity contribution in [1.29, 1.82) is 0 Å². The molecule has 9 nitrogen and oxygen atoms in total. The lowest BCUT2D eigenvalue weighted by molar-refractivity contribution is 0.137. The molecule has 3 aromatic rings. The summed E-state index contributed by atoms with van der Waals surface area (Å²) in [5, 5.41) is 0.0735. The van der Waals surface area contributed by atoms with Crippen molar-refractivity contribution >= 4 is 27.0 Å². The van der Waals surface area contributed by atoms with Gasteiger partial charge < -0.3 is 14.5 Å². The molecule has 0 aliphatic rings. The van der Waals surface area contributed by atoms with Gasteiger partial charge in [-0.05, 0) is 18.6 Å². The molecule has 2 N–H and O–H groups in total. The Hall–Kier alpha value is -3.16. The number of anilines is 1. The molecule has 3 aromatic heterocycles. The van der Waals surface area contributed by atoms with Crippen molar-refractivity contribution in [3.8, 4) is 11.8 Å². The summed E-state index contributed by atoms with van der Waals surface area (Å²) in [6, 6.07) is 2.21. The van der Waals surface area contributed by atoms with Gasteiger partial charge in [0.25, 0.3) is 16.4 Å². The fourth-order valence-corrected chi connectivity index (χ4v) is 3.92. The molecule has 168 valence electrons. The quantitative estimate of drug-likeness (QED) is 0.467. The number of aromatic amines is 1. The molecule has 0 aliphatic carbocycles. The number of alkyl halides is 4. The second-order valence-corrected chi connectivity index (χ2v) is 7.82. The Kier molecular flexibility index (Phi) is 6.48. The van der Waals surface area contributed by atoms with E-state index in [0.29, 0.717) is 0 Å². The van der Waals surface area contributed by atoms with Gasteiger partial charge in [0.2, 0.25) is 24.1 Å². The highest BCUT2D eigenvalue weighted by molar-refractivity contribution is 7.93. The highest BCUT2D eigenvalue weighted by atomic mass is 32.2. The molecule has 14 heteroatoms. The second kappa shape index (κ2) is 8.91. The third-order valence-corrected chi connectivity index (χ3v) is 5.56. The first kappa shape index (κ1) is 22.5. The standard InChI is InChI=1S/C17H17F4N5O4S/c1-29-15-9(4-6-12(18)19)16(30-2)25-17(24-15)26-31(27,28)11-7-22-14-8(11)3-5-10(23-14)13(20)21/h3,5,7,12-13H,4,6H2,1-2H3,(H,22,23)(H,24,25,26). The van der Waals surface area contributed by atoms with Gasteiger partial charge in [0.05, 0.1) is 19.8 Å². The lowest BCUT2D eigenvalue weighted by Gasteiger charge is -2.14. The summed E-state index contributed by atoms with van der Waals surface area (Å²) in [7, 11) is -1.82. The molecular weight excluding hydrogens is 446 g/mol. The lowest BCUT2D eigenvalue weighted by Crippen LogP contribution is -2.16. The van der Waals surface area contributed by atoms with Crippen LogP contribution in [-0.2, 0) is 16.4 Å². The highest BCUT2D eigenvalue weighted by Gasteiger charge is 2.24. The van der Waals surface area contributed by atoms with Gasteiger partial charge in [-0.15, -0.1) is 0 Å². The molecule has 0 atom stereocenters. The van der Waals surface area contributed by atoms with E-state index in [1.165, 1.54) is 20.3 Å². The Morgan fingerprint density at radius 2 is 1.71 bits per heavy atom. The number of rotatable bonds is 9. The summed E-state index contributed by atoms with van der Waals surface area (Å²) in [4.78, 5) is 13.8. The maximum atomic E-state index is 12.8. The third kappa shape index (κ3) is 4.78. The topological polar surface area (TPSA) is 119 Å². The van der Waals surface area contributed by atoms with Crippen molar-refractivity contribution in [3.63, 3.8) is 0 Å². The zero-order valence-electron chi connectivity index (χ0n) is 16.2. The maximum absolute atomic E-state index is 12.8. The number of pyridine rings is 1. The van der Waals surface area contributed by atoms with Crippen LogP contribution in [-0.4, -0.2) is 49.0 Å².